The molecule has 0 aromatic heterocycles. The van der Waals surface area contributed by atoms with Crippen molar-refractivity contribution in [3.05, 3.63) is 21.1 Å². The third kappa shape index (κ3) is 1.77. The average molecular weight is 310 g/mol. The van der Waals surface area contributed by atoms with Crippen LogP contribution in [0.3, 0.4) is 0 Å². The van der Waals surface area contributed by atoms with Crippen LogP contribution in [0.15, 0.2) is 21.1 Å². The number of rotatable bonds is 0. The molecule has 4 heteroatoms. The van der Waals surface area contributed by atoms with Crippen molar-refractivity contribution in [2.75, 3.05) is 0 Å². The summed E-state index contributed by atoms with van der Waals surface area (Å²) in [4.78, 5) is 0. The van der Waals surface area contributed by atoms with Crippen molar-refractivity contribution < 1.29 is 9.47 Å². The van der Waals surface area contributed by atoms with E-state index in [0.717, 1.165) is 8.96 Å². The zero-order valence-electron chi connectivity index (χ0n) is 7.38. The summed E-state index contributed by atoms with van der Waals surface area (Å²) in [7, 11) is 0. The maximum absolute atomic E-state index is 5.73. The highest BCUT2D eigenvalue weighted by Gasteiger charge is 2.43. The molecule has 0 amide bonds. The summed E-state index contributed by atoms with van der Waals surface area (Å²) >= 11 is 6.93. The number of hydrogen-bond acceptors (Lipinski definition) is 2. The Balaban J connectivity index is 2.29. The van der Waals surface area contributed by atoms with Crippen LogP contribution in [0.5, 0.6) is 0 Å². The Morgan fingerprint density at radius 1 is 1.31 bits per heavy atom. The quantitative estimate of drug-likeness (QED) is 0.684. The Bertz CT molecular complexity index is 294. The Labute approximate surface area is 94.2 Å². The standard InChI is InChI=1S/C9H10Br2O2/c1-9(2)12-6-4-3-5(10)7(11)8(6)13-9/h3-4,6,8H,1-2H3/t6-,8-/m0/s1. The maximum atomic E-state index is 5.73. The lowest BCUT2D eigenvalue weighted by Crippen LogP contribution is -2.23. The Morgan fingerprint density at radius 2 is 2.00 bits per heavy atom. The minimum Gasteiger partial charge on any atom is -0.340 e. The molecule has 2 atom stereocenters. The molecule has 0 bridgehead atoms. The number of allylic oxidation sites excluding steroid dienone is 2. The molecule has 1 fully saturated rings. The molecule has 2 rings (SSSR count). The lowest BCUT2D eigenvalue weighted by atomic mass is 10.1. The van der Waals surface area contributed by atoms with Crippen LogP contribution in [-0.4, -0.2) is 18.0 Å². The van der Waals surface area contributed by atoms with Gasteiger partial charge >= 0.3 is 0 Å². The van der Waals surface area contributed by atoms with Crippen LogP contribution in [0, 0.1) is 0 Å². The highest BCUT2D eigenvalue weighted by Crippen LogP contribution is 2.40. The van der Waals surface area contributed by atoms with Crippen LogP contribution < -0.4 is 0 Å². The van der Waals surface area contributed by atoms with Crippen LogP contribution in [-0.2, 0) is 9.47 Å². The molecule has 0 spiro atoms. The number of hydrogen-bond donors (Lipinski definition) is 0. The summed E-state index contributed by atoms with van der Waals surface area (Å²) in [6.45, 7) is 3.85. The minimum atomic E-state index is -0.490. The molecule has 1 saturated heterocycles. The van der Waals surface area contributed by atoms with Gasteiger partial charge in [-0.25, -0.2) is 0 Å². The van der Waals surface area contributed by atoms with E-state index in [9.17, 15) is 0 Å². The van der Waals surface area contributed by atoms with Crippen LogP contribution in [0.25, 0.3) is 0 Å². The van der Waals surface area contributed by atoms with E-state index in [1.807, 2.05) is 26.0 Å². The Kier molecular flexibility index (Phi) is 2.43. The Morgan fingerprint density at radius 3 is 2.69 bits per heavy atom. The monoisotopic (exact) mass is 308 g/mol. The van der Waals surface area contributed by atoms with Crippen LogP contribution in [0.2, 0.25) is 0 Å². The van der Waals surface area contributed by atoms with Crippen molar-refractivity contribution in [1.29, 1.82) is 0 Å². The largest absolute Gasteiger partial charge is 0.340 e. The van der Waals surface area contributed by atoms with Crippen molar-refractivity contribution in [2.24, 2.45) is 0 Å². The zero-order chi connectivity index (χ0) is 9.64. The predicted octanol–water partition coefficient (Wildman–Crippen LogP) is 3.08. The first-order chi connectivity index (χ1) is 5.99. The van der Waals surface area contributed by atoms with Gasteiger partial charge in [0.1, 0.15) is 12.2 Å². The summed E-state index contributed by atoms with van der Waals surface area (Å²) < 4.78 is 13.4. The van der Waals surface area contributed by atoms with Gasteiger partial charge in [0.05, 0.1) is 0 Å². The second-order valence-electron chi connectivity index (χ2n) is 3.58. The topological polar surface area (TPSA) is 18.5 Å². The fourth-order valence-corrected chi connectivity index (χ4v) is 2.39. The smallest absolute Gasteiger partial charge is 0.164 e. The maximum Gasteiger partial charge on any atom is 0.164 e. The molecule has 1 aliphatic carbocycles. The van der Waals surface area contributed by atoms with Gasteiger partial charge in [0, 0.05) is 8.96 Å². The summed E-state index contributed by atoms with van der Waals surface area (Å²) in [5, 5.41) is 0. The molecule has 0 aromatic carbocycles. The summed E-state index contributed by atoms with van der Waals surface area (Å²) in [6, 6.07) is 0. The van der Waals surface area contributed by atoms with Crippen molar-refractivity contribution in [2.45, 2.75) is 31.8 Å². The predicted molar refractivity (Wildman–Crippen MR) is 57.8 cm³/mol. The van der Waals surface area contributed by atoms with Gasteiger partial charge in [-0.1, -0.05) is 22.0 Å². The van der Waals surface area contributed by atoms with Crippen molar-refractivity contribution in [3.8, 4) is 0 Å². The minimum absolute atomic E-state index is 0.00521. The summed E-state index contributed by atoms with van der Waals surface area (Å²) in [6.07, 6.45) is 4.02. The fourth-order valence-electron chi connectivity index (χ4n) is 1.52. The average Bonchev–Trinajstić information content (AvgIpc) is 2.34. The first kappa shape index (κ1) is 9.90. The van der Waals surface area contributed by atoms with Gasteiger partial charge in [-0.05, 0) is 35.9 Å². The highest BCUT2D eigenvalue weighted by atomic mass is 79.9. The number of halogens is 2. The van der Waals surface area contributed by atoms with E-state index in [0.29, 0.717) is 0 Å². The van der Waals surface area contributed by atoms with Gasteiger partial charge in [-0.3, -0.25) is 0 Å². The molecule has 0 saturated carbocycles. The first-order valence-electron chi connectivity index (χ1n) is 4.08. The molecule has 13 heavy (non-hydrogen) atoms. The van der Waals surface area contributed by atoms with E-state index in [4.69, 9.17) is 9.47 Å². The molecule has 1 heterocycles. The van der Waals surface area contributed by atoms with Crippen molar-refractivity contribution in [3.63, 3.8) is 0 Å². The lowest BCUT2D eigenvalue weighted by Gasteiger charge is -2.18. The van der Waals surface area contributed by atoms with Gasteiger partial charge in [-0.2, -0.15) is 0 Å². The van der Waals surface area contributed by atoms with Crippen LogP contribution in [0.4, 0.5) is 0 Å². The molecule has 0 unspecified atom stereocenters. The van der Waals surface area contributed by atoms with Gasteiger partial charge in [-0.15, -0.1) is 0 Å². The van der Waals surface area contributed by atoms with Crippen molar-refractivity contribution >= 4 is 31.9 Å². The normalized spacial score (nSPS) is 36.6. The van der Waals surface area contributed by atoms with Gasteiger partial charge in [0.2, 0.25) is 0 Å². The molecule has 0 radical (unpaired) electrons. The third-order valence-corrected chi connectivity index (χ3v) is 4.14. The van der Waals surface area contributed by atoms with Gasteiger partial charge < -0.3 is 9.47 Å². The van der Waals surface area contributed by atoms with E-state index < -0.39 is 5.79 Å². The van der Waals surface area contributed by atoms with Crippen LogP contribution >= 0.6 is 31.9 Å². The molecule has 72 valence electrons. The van der Waals surface area contributed by atoms with E-state index >= 15 is 0 Å². The zero-order valence-corrected chi connectivity index (χ0v) is 10.6. The van der Waals surface area contributed by atoms with Gasteiger partial charge in [0.25, 0.3) is 0 Å². The molecule has 1 aliphatic heterocycles. The molecule has 0 aromatic rings. The van der Waals surface area contributed by atoms with E-state index in [1.165, 1.54) is 0 Å². The number of ether oxygens (including phenoxy) is 2. The van der Waals surface area contributed by atoms with Crippen LogP contribution in [0.1, 0.15) is 13.8 Å². The highest BCUT2D eigenvalue weighted by molar-refractivity contribution is 9.14. The van der Waals surface area contributed by atoms with Crippen molar-refractivity contribution in [1.82, 2.24) is 0 Å². The lowest BCUT2D eigenvalue weighted by molar-refractivity contribution is -0.139. The van der Waals surface area contributed by atoms with E-state index in [2.05, 4.69) is 31.9 Å². The summed E-state index contributed by atoms with van der Waals surface area (Å²) in [5.74, 6) is -0.490. The van der Waals surface area contributed by atoms with E-state index in [-0.39, 0.29) is 12.2 Å². The first-order valence-corrected chi connectivity index (χ1v) is 5.67. The number of fused-ring (bicyclic) bond motifs is 1. The summed E-state index contributed by atoms with van der Waals surface area (Å²) in [5.41, 5.74) is 0. The second-order valence-corrected chi connectivity index (χ2v) is 5.28. The molecule has 0 N–H and O–H groups in total. The second kappa shape index (κ2) is 3.19. The SMILES string of the molecule is CC1(C)O[C@H]2C=CC(Br)=C(Br)[C@H]2O1. The molecule has 2 aliphatic rings. The molecular formula is C9H10Br2O2. The molecular weight excluding hydrogens is 300 g/mol. The fraction of sp³-hybridized carbons (Fsp3) is 0.556. The third-order valence-electron chi connectivity index (χ3n) is 2.04. The van der Waals surface area contributed by atoms with Gasteiger partial charge in [0.15, 0.2) is 5.79 Å². The van der Waals surface area contributed by atoms with E-state index in [1.54, 1.807) is 0 Å². The Hall–Kier alpha value is 0.360. The molecule has 2 nitrogen and oxygen atoms in total.